The highest BCUT2D eigenvalue weighted by Crippen LogP contribution is 2.24. The number of ether oxygens (including phenoxy) is 1. The maximum absolute atomic E-state index is 13.0. The van der Waals surface area contributed by atoms with Gasteiger partial charge in [0.05, 0.1) is 0 Å². The van der Waals surface area contributed by atoms with Gasteiger partial charge in [-0.2, -0.15) is 4.98 Å². The molecule has 0 aliphatic carbocycles. The van der Waals surface area contributed by atoms with Gasteiger partial charge in [-0.25, -0.2) is 9.07 Å². The van der Waals surface area contributed by atoms with E-state index >= 15 is 0 Å². The Morgan fingerprint density at radius 1 is 1.44 bits per heavy atom. The number of aryl methyl sites for hydroxylation is 1. The number of benzene rings is 1. The number of aromatic nitrogens is 3. The van der Waals surface area contributed by atoms with Crippen molar-refractivity contribution >= 4 is 34.2 Å². The Hall–Kier alpha value is -0.890. The van der Waals surface area contributed by atoms with Crippen LogP contribution in [0.15, 0.2) is 18.2 Å². The van der Waals surface area contributed by atoms with E-state index in [1.807, 2.05) is 22.6 Å². The van der Waals surface area contributed by atoms with Crippen molar-refractivity contribution in [2.45, 2.75) is 0 Å². The number of halogens is 3. The molecule has 0 bridgehead atoms. The second-order valence-corrected chi connectivity index (χ2v) is 4.40. The Morgan fingerprint density at radius 2 is 2.19 bits per heavy atom. The summed E-state index contributed by atoms with van der Waals surface area (Å²) in [7, 11) is 1.69. The zero-order valence-electron chi connectivity index (χ0n) is 8.12. The molecule has 0 radical (unpaired) electrons. The summed E-state index contributed by atoms with van der Waals surface area (Å²) in [6.07, 6.45) is 0. The van der Waals surface area contributed by atoms with E-state index in [1.54, 1.807) is 7.05 Å². The molecule has 0 amide bonds. The number of hydrogen-bond donors (Lipinski definition) is 0. The highest BCUT2D eigenvalue weighted by molar-refractivity contribution is 14.1. The zero-order chi connectivity index (χ0) is 11.7. The molecular weight excluding hydrogens is 347 g/mol. The molecule has 2 aromatic rings. The van der Waals surface area contributed by atoms with Gasteiger partial charge in [-0.1, -0.05) is 11.6 Å². The molecule has 4 nitrogen and oxygen atoms in total. The van der Waals surface area contributed by atoms with Crippen LogP contribution in [0.3, 0.4) is 0 Å². The smallest absolute Gasteiger partial charge is 0.321 e. The van der Waals surface area contributed by atoms with Crippen molar-refractivity contribution in [3.8, 4) is 11.8 Å². The van der Waals surface area contributed by atoms with Crippen LogP contribution < -0.4 is 4.74 Å². The standard InChI is InChI=1S/C9H6ClFIN3O/c1-15-9(13-8(12)14-15)16-7-3-5(10)2-6(11)4-7/h2-4H,1H3. The van der Waals surface area contributed by atoms with Gasteiger partial charge in [-0.3, -0.25) is 0 Å². The third-order valence-electron chi connectivity index (χ3n) is 1.74. The fourth-order valence-corrected chi connectivity index (χ4v) is 1.86. The lowest BCUT2D eigenvalue weighted by Crippen LogP contribution is -1.96. The van der Waals surface area contributed by atoms with Gasteiger partial charge >= 0.3 is 6.01 Å². The molecule has 0 aliphatic rings. The van der Waals surface area contributed by atoms with E-state index in [0.717, 1.165) is 0 Å². The first kappa shape index (κ1) is 11.6. The van der Waals surface area contributed by atoms with Crippen molar-refractivity contribution in [1.82, 2.24) is 14.8 Å². The minimum Gasteiger partial charge on any atom is -0.424 e. The van der Waals surface area contributed by atoms with Crippen molar-refractivity contribution in [1.29, 1.82) is 0 Å². The quantitative estimate of drug-likeness (QED) is 0.779. The molecule has 0 N–H and O–H groups in total. The van der Waals surface area contributed by atoms with Crippen LogP contribution in [0, 0.1) is 9.65 Å². The van der Waals surface area contributed by atoms with Crippen LogP contribution in [0.25, 0.3) is 0 Å². The van der Waals surface area contributed by atoms with E-state index in [0.29, 0.717) is 3.83 Å². The predicted octanol–water partition coefficient (Wildman–Crippen LogP) is 3.00. The molecule has 0 spiro atoms. The number of hydrogen-bond acceptors (Lipinski definition) is 3. The van der Waals surface area contributed by atoms with E-state index in [-0.39, 0.29) is 16.8 Å². The molecule has 0 unspecified atom stereocenters. The van der Waals surface area contributed by atoms with E-state index in [1.165, 1.54) is 22.9 Å². The molecule has 1 heterocycles. The Labute approximate surface area is 110 Å². The van der Waals surface area contributed by atoms with Crippen molar-refractivity contribution in [3.05, 3.63) is 32.9 Å². The van der Waals surface area contributed by atoms with E-state index in [9.17, 15) is 4.39 Å². The average Bonchev–Trinajstić information content (AvgIpc) is 2.43. The minimum absolute atomic E-state index is 0.270. The monoisotopic (exact) mass is 353 g/mol. The molecule has 16 heavy (non-hydrogen) atoms. The van der Waals surface area contributed by atoms with Gasteiger partial charge in [0, 0.05) is 40.7 Å². The Bertz CT molecular complexity index is 511. The lowest BCUT2D eigenvalue weighted by Gasteiger charge is -2.04. The Morgan fingerprint density at radius 3 is 2.75 bits per heavy atom. The molecule has 0 aliphatic heterocycles. The molecule has 1 aromatic carbocycles. The summed E-state index contributed by atoms with van der Waals surface area (Å²) < 4.78 is 20.4. The van der Waals surface area contributed by atoms with Crippen molar-refractivity contribution in [2.24, 2.45) is 7.05 Å². The maximum Gasteiger partial charge on any atom is 0.321 e. The molecule has 0 saturated carbocycles. The molecule has 1 aromatic heterocycles. The number of rotatable bonds is 2. The summed E-state index contributed by atoms with van der Waals surface area (Å²) in [6, 6.07) is 4.22. The second-order valence-electron chi connectivity index (χ2n) is 2.99. The molecule has 2 rings (SSSR count). The summed E-state index contributed by atoms with van der Waals surface area (Å²) >= 11 is 7.66. The Balaban J connectivity index is 2.30. The number of nitrogens with zero attached hydrogens (tertiary/aromatic N) is 3. The minimum atomic E-state index is -0.459. The van der Waals surface area contributed by atoms with E-state index in [2.05, 4.69) is 10.1 Å². The fraction of sp³-hybridized carbons (Fsp3) is 0.111. The predicted molar refractivity (Wildman–Crippen MR) is 65.2 cm³/mol. The summed E-state index contributed by atoms with van der Waals surface area (Å²) in [4.78, 5) is 4.02. The lowest BCUT2D eigenvalue weighted by molar-refractivity contribution is 0.412. The van der Waals surface area contributed by atoms with Gasteiger partial charge in [0.15, 0.2) is 0 Å². The normalized spacial score (nSPS) is 10.5. The van der Waals surface area contributed by atoms with Crippen molar-refractivity contribution in [3.63, 3.8) is 0 Å². The molecule has 7 heteroatoms. The van der Waals surface area contributed by atoms with Crippen LogP contribution in [0.4, 0.5) is 4.39 Å². The first-order valence-corrected chi connectivity index (χ1v) is 5.71. The van der Waals surface area contributed by atoms with Gasteiger partial charge in [0.25, 0.3) is 0 Å². The maximum atomic E-state index is 13.0. The van der Waals surface area contributed by atoms with Crippen LogP contribution >= 0.6 is 34.2 Å². The lowest BCUT2D eigenvalue weighted by atomic mass is 10.3. The molecule has 84 valence electrons. The summed E-state index contributed by atoms with van der Waals surface area (Å²) in [5, 5.41) is 4.26. The summed E-state index contributed by atoms with van der Waals surface area (Å²) in [6.45, 7) is 0. The van der Waals surface area contributed by atoms with Gasteiger partial charge in [0.1, 0.15) is 11.6 Å². The molecule has 0 saturated heterocycles. The van der Waals surface area contributed by atoms with Crippen molar-refractivity contribution < 1.29 is 9.13 Å². The third kappa shape index (κ3) is 2.62. The van der Waals surface area contributed by atoms with Gasteiger partial charge in [-0.05, 0) is 12.1 Å². The largest absolute Gasteiger partial charge is 0.424 e. The first-order valence-electron chi connectivity index (χ1n) is 4.25. The molecule has 0 atom stereocenters. The molecule has 0 fully saturated rings. The van der Waals surface area contributed by atoms with Crippen LogP contribution in [0.1, 0.15) is 0 Å². The summed E-state index contributed by atoms with van der Waals surface area (Å²) in [5.74, 6) is -0.170. The van der Waals surface area contributed by atoms with Crippen LogP contribution in [0.5, 0.6) is 11.8 Å². The zero-order valence-corrected chi connectivity index (χ0v) is 11.0. The van der Waals surface area contributed by atoms with Crippen LogP contribution in [0.2, 0.25) is 5.02 Å². The average molecular weight is 354 g/mol. The van der Waals surface area contributed by atoms with Crippen molar-refractivity contribution in [2.75, 3.05) is 0 Å². The topological polar surface area (TPSA) is 39.9 Å². The van der Waals surface area contributed by atoms with Gasteiger partial charge < -0.3 is 4.74 Å². The highest BCUT2D eigenvalue weighted by Gasteiger charge is 2.08. The van der Waals surface area contributed by atoms with Gasteiger partial charge in [0.2, 0.25) is 3.83 Å². The highest BCUT2D eigenvalue weighted by atomic mass is 127. The first-order chi connectivity index (χ1) is 7.54. The van der Waals surface area contributed by atoms with E-state index in [4.69, 9.17) is 16.3 Å². The third-order valence-corrected chi connectivity index (χ3v) is 2.42. The summed E-state index contributed by atoms with van der Waals surface area (Å²) in [5.41, 5.74) is 0. The van der Waals surface area contributed by atoms with Crippen LogP contribution in [-0.2, 0) is 7.05 Å². The van der Waals surface area contributed by atoms with Gasteiger partial charge in [-0.15, -0.1) is 5.10 Å². The van der Waals surface area contributed by atoms with Crippen LogP contribution in [-0.4, -0.2) is 14.8 Å². The van der Waals surface area contributed by atoms with E-state index < -0.39 is 5.82 Å². The molecular formula is C9H6ClFIN3O. The Kier molecular flexibility index (Phi) is 3.29. The second kappa shape index (κ2) is 4.54. The SMILES string of the molecule is Cn1nc(I)nc1Oc1cc(F)cc(Cl)c1. The fourth-order valence-electron chi connectivity index (χ4n) is 1.12.